The summed E-state index contributed by atoms with van der Waals surface area (Å²) in [5.41, 5.74) is 9.81. The largest absolute Gasteiger partial charge is 0.309 e. The molecule has 0 aliphatic carbocycles. The summed E-state index contributed by atoms with van der Waals surface area (Å²) in [7, 11) is 0. The minimum Gasteiger partial charge on any atom is -0.309 e. The Morgan fingerprint density at radius 3 is 1.07 bits per heavy atom. The number of fused-ring (bicyclic) bond motifs is 3. The van der Waals surface area contributed by atoms with Crippen molar-refractivity contribution in [1.29, 1.82) is 0 Å². The number of hydrogen-bond acceptors (Lipinski definition) is 3. The maximum Gasteiger partial charge on any atom is 0.164 e. The molecule has 0 bridgehead atoms. The molecule has 5 nitrogen and oxygen atoms in total. The normalized spacial score (nSPS) is 11.9. The average molecular weight is 714 g/mol. The van der Waals surface area contributed by atoms with E-state index in [9.17, 15) is 0 Å². The molecule has 0 N–H and O–H groups in total. The molecule has 0 spiro atoms. The van der Waals surface area contributed by atoms with Crippen LogP contribution >= 0.6 is 0 Å². The van der Waals surface area contributed by atoms with Crippen LogP contribution in [0.1, 0.15) is 0 Å². The number of hydrogen-bond donors (Lipinski definition) is 0. The molecule has 56 heavy (non-hydrogen) atoms. The third-order valence-corrected chi connectivity index (χ3v) is 11.3. The van der Waals surface area contributed by atoms with Gasteiger partial charge in [-0.25, -0.2) is 15.0 Å². The third-order valence-electron chi connectivity index (χ3n) is 11.3. The van der Waals surface area contributed by atoms with E-state index in [1.165, 1.54) is 65.2 Å². The van der Waals surface area contributed by atoms with Crippen LogP contribution in [0.4, 0.5) is 0 Å². The van der Waals surface area contributed by atoms with E-state index in [2.05, 4.69) is 137 Å². The van der Waals surface area contributed by atoms with E-state index in [4.69, 9.17) is 15.0 Å². The number of aromatic nitrogens is 5. The second kappa shape index (κ2) is 11.9. The fourth-order valence-corrected chi connectivity index (χ4v) is 8.93. The maximum atomic E-state index is 5.00. The lowest BCUT2D eigenvalue weighted by Crippen LogP contribution is -2.00. The Morgan fingerprint density at radius 1 is 0.250 bits per heavy atom. The molecule has 0 unspecified atom stereocenters. The number of para-hydroxylation sites is 1. The Bertz CT molecular complexity index is 3380. The zero-order valence-corrected chi connectivity index (χ0v) is 30.1. The lowest BCUT2D eigenvalue weighted by Gasteiger charge is -2.11. The molecule has 0 saturated carbocycles. The Morgan fingerprint density at radius 2 is 0.607 bits per heavy atom. The van der Waals surface area contributed by atoms with Gasteiger partial charge in [-0.1, -0.05) is 127 Å². The first-order chi connectivity index (χ1) is 27.8. The third kappa shape index (κ3) is 4.46. The molecule has 260 valence electrons. The number of benzene rings is 8. The van der Waals surface area contributed by atoms with Crippen molar-refractivity contribution in [3.63, 3.8) is 0 Å². The molecule has 0 atom stereocenters. The fourth-order valence-electron chi connectivity index (χ4n) is 8.93. The molecule has 0 radical (unpaired) electrons. The smallest absolute Gasteiger partial charge is 0.164 e. The number of nitrogens with zero attached hydrogens (tertiary/aromatic N) is 5. The molecule has 0 saturated heterocycles. The highest BCUT2D eigenvalue weighted by atomic mass is 15.0. The highest BCUT2D eigenvalue weighted by Gasteiger charge is 2.24. The molecule has 12 aromatic rings. The van der Waals surface area contributed by atoms with E-state index in [-0.39, 0.29) is 0 Å². The first-order valence-corrected chi connectivity index (χ1v) is 19.0. The highest BCUT2D eigenvalue weighted by molar-refractivity contribution is 6.39. The van der Waals surface area contributed by atoms with Crippen molar-refractivity contribution in [1.82, 2.24) is 24.1 Å². The lowest BCUT2D eigenvalue weighted by molar-refractivity contribution is 1.07. The van der Waals surface area contributed by atoms with Gasteiger partial charge in [0.05, 0.1) is 22.1 Å². The van der Waals surface area contributed by atoms with Crippen molar-refractivity contribution in [2.45, 2.75) is 0 Å². The second-order valence-corrected chi connectivity index (χ2v) is 14.4. The van der Waals surface area contributed by atoms with Gasteiger partial charge in [-0.2, -0.15) is 0 Å². The van der Waals surface area contributed by atoms with E-state index in [0.29, 0.717) is 17.5 Å². The van der Waals surface area contributed by atoms with Crippen molar-refractivity contribution >= 4 is 65.2 Å². The van der Waals surface area contributed by atoms with Gasteiger partial charge >= 0.3 is 0 Å². The molecule has 9 aromatic carbocycles. The molecule has 0 fully saturated rings. The summed E-state index contributed by atoms with van der Waals surface area (Å²) in [5, 5.41) is 10.1. The highest BCUT2D eigenvalue weighted by Crippen LogP contribution is 2.47. The minimum atomic E-state index is 0.638. The van der Waals surface area contributed by atoms with Gasteiger partial charge in [0.15, 0.2) is 17.5 Å². The topological polar surface area (TPSA) is 48.5 Å². The van der Waals surface area contributed by atoms with Gasteiger partial charge in [-0.05, 0) is 82.2 Å². The second-order valence-electron chi connectivity index (χ2n) is 14.4. The van der Waals surface area contributed by atoms with Crippen LogP contribution in [0.25, 0.3) is 111 Å². The van der Waals surface area contributed by atoms with Crippen LogP contribution in [0.5, 0.6) is 0 Å². The molecule has 0 amide bonds. The molecule has 3 aromatic heterocycles. The van der Waals surface area contributed by atoms with E-state index < -0.39 is 0 Å². The van der Waals surface area contributed by atoms with Gasteiger partial charge < -0.3 is 9.13 Å². The monoisotopic (exact) mass is 713 g/mol. The first-order valence-electron chi connectivity index (χ1n) is 19.0. The molecular weight excluding hydrogens is 683 g/mol. The van der Waals surface area contributed by atoms with Crippen LogP contribution in [0, 0.1) is 0 Å². The van der Waals surface area contributed by atoms with Crippen molar-refractivity contribution < 1.29 is 0 Å². The minimum absolute atomic E-state index is 0.638. The van der Waals surface area contributed by atoms with Gasteiger partial charge in [0, 0.05) is 49.6 Å². The molecule has 0 aliphatic heterocycles. The quantitative estimate of drug-likeness (QED) is 0.178. The zero-order chi connectivity index (χ0) is 36.7. The summed E-state index contributed by atoms with van der Waals surface area (Å²) in [6.07, 6.45) is 0. The zero-order valence-electron chi connectivity index (χ0n) is 30.1. The molecule has 0 aliphatic rings. The fraction of sp³-hybridized carbons (Fsp3) is 0. The first kappa shape index (κ1) is 30.8. The van der Waals surface area contributed by atoms with Crippen LogP contribution in [0.3, 0.4) is 0 Å². The Labute approximate surface area is 321 Å². The summed E-state index contributed by atoms with van der Waals surface area (Å²) in [5.74, 6) is 1.94. The lowest BCUT2D eigenvalue weighted by atomic mass is 9.95. The molecule has 12 rings (SSSR count). The van der Waals surface area contributed by atoms with E-state index in [1.807, 2.05) is 60.7 Å². The van der Waals surface area contributed by atoms with Crippen molar-refractivity contribution in [2.75, 3.05) is 0 Å². The SMILES string of the molecule is c1ccc(-c2nc(-c3ccccc3)nc(-c3ccc(-n4c5cccc6c7ccccc7c7cccc8c7c7c(c65)c4ccc7n8-c4ccccc4)cc3)n2)cc1. The Hall–Kier alpha value is -7.63. The van der Waals surface area contributed by atoms with Gasteiger partial charge in [-0.3, -0.25) is 0 Å². The van der Waals surface area contributed by atoms with Gasteiger partial charge in [0.2, 0.25) is 0 Å². The van der Waals surface area contributed by atoms with E-state index >= 15 is 0 Å². The predicted molar refractivity (Wildman–Crippen MR) is 231 cm³/mol. The van der Waals surface area contributed by atoms with Crippen molar-refractivity contribution in [3.05, 3.63) is 188 Å². The van der Waals surface area contributed by atoms with Gasteiger partial charge in [0.25, 0.3) is 0 Å². The summed E-state index contributed by atoms with van der Waals surface area (Å²) < 4.78 is 4.86. The molecule has 3 heterocycles. The van der Waals surface area contributed by atoms with Crippen LogP contribution in [-0.2, 0) is 0 Å². The van der Waals surface area contributed by atoms with Crippen molar-refractivity contribution in [3.8, 4) is 45.5 Å². The maximum absolute atomic E-state index is 5.00. The van der Waals surface area contributed by atoms with Gasteiger partial charge in [0.1, 0.15) is 0 Å². The standard InChI is InChI=1S/C51H31N5/c1-4-14-32(15-5-1)49-52-50(33-16-6-2-7-17-33)54-51(53-49)34-26-28-36(29-27-34)56-42-25-13-23-40-38-21-11-10-20-37(38)39-22-12-24-41-45(39)47-43(30-31-44(56)48(47)46(40)42)55(41)35-18-8-3-9-19-35/h1-31H. The summed E-state index contributed by atoms with van der Waals surface area (Å²) in [6, 6.07) is 66.7. The average Bonchev–Trinajstić information content (AvgIpc) is 3.80. The number of rotatable bonds is 5. The van der Waals surface area contributed by atoms with Crippen molar-refractivity contribution in [2.24, 2.45) is 0 Å². The summed E-state index contributed by atoms with van der Waals surface area (Å²) in [4.78, 5) is 14.9. The Kier molecular flexibility index (Phi) is 6.56. The predicted octanol–water partition coefficient (Wildman–Crippen LogP) is 12.8. The summed E-state index contributed by atoms with van der Waals surface area (Å²) in [6.45, 7) is 0. The Balaban J connectivity index is 1.13. The van der Waals surface area contributed by atoms with E-state index in [0.717, 1.165) is 28.1 Å². The van der Waals surface area contributed by atoms with E-state index in [1.54, 1.807) is 0 Å². The van der Waals surface area contributed by atoms with Crippen LogP contribution in [0.2, 0.25) is 0 Å². The molecule has 5 heteroatoms. The van der Waals surface area contributed by atoms with Crippen LogP contribution in [-0.4, -0.2) is 24.1 Å². The summed E-state index contributed by atoms with van der Waals surface area (Å²) >= 11 is 0. The van der Waals surface area contributed by atoms with Crippen LogP contribution < -0.4 is 0 Å². The molecular formula is C51H31N5. The van der Waals surface area contributed by atoms with Gasteiger partial charge in [-0.15, -0.1) is 0 Å². The van der Waals surface area contributed by atoms with Crippen LogP contribution in [0.15, 0.2) is 188 Å².